The van der Waals surface area contributed by atoms with Crippen molar-refractivity contribution in [3.8, 4) is 0 Å². The molecular weight excluding hydrogens is 372 g/mol. The van der Waals surface area contributed by atoms with E-state index in [0.717, 1.165) is 4.90 Å². The molecular formula is C19H19ClN2O5. The highest BCUT2D eigenvalue weighted by molar-refractivity contribution is 6.30. The van der Waals surface area contributed by atoms with Gasteiger partial charge in [-0.1, -0.05) is 30.7 Å². The zero-order valence-electron chi connectivity index (χ0n) is 15.2. The molecule has 0 radical (unpaired) electrons. The molecule has 1 aromatic heterocycles. The number of halogens is 1. The van der Waals surface area contributed by atoms with Gasteiger partial charge in [-0.15, -0.1) is 0 Å². The number of benzene rings is 1. The van der Waals surface area contributed by atoms with E-state index in [9.17, 15) is 14.4 Å². The van der Waals surface area contributed by atoms with Gasteiger partial charge in [0.25, 0.3) is 5.91 Å². The lowest BCUT2D eigenvalue weighted by atomic mass is 9.87. The average Bonchev–Trinajstić information content (AvgIpc) is 3.13. The number of hydrogen-bond donors (Lipinski definition) is 1. The number of rotatable bonds is 5. The predicted molar refractivity (Wildman–Crippen MR) is 97.3 cm³/mol. The van der Waals surface area contributed by atoms with E-state index < -0.39 is 23.4 Å². The van der Waals surface area contributed by atoms with Crippen LogP contribution in [0.5, 0.6) is 0 Å². The van der Waals surface area contributed by atoms with Gasteiger partial charge in [-0.3, -0.25) is 9.69 Å². The Kier molecular flexibility index (Phi) is 4.97. The van der Waals surface area contributed by atoms with E-state index in [2.05, 4.69) is 5.32 Å². The molecule has 0 spiro atoms. The van der Waals surface area contributed by atoms with Gasteiger partial charge < -0.3 is 14.5 Å². The van der Waals surface area contributed by atoms with Crippen molar-refractivity contribution in [2.75, 3.05) is 7.11 Å². The summed E-state index contributed by atoms with van der Waals surface area (Å²) in [5, 5.41) is 3.26. The van der Waals surface area contributed by atoms with E-state index in [1.807, 2.05) is 6.92 Å². The molecule has 0 bridgehead atoms. The molecule has 1 saturated heterocycles. The van der Waals surface area contributed by atoms with Crippen LogP contribution < -0.4 is 5.32 Å². The summed E-state index contributed by atoms with van der Waals surface area (Å²) in [7, 11) is 1.27. The minimum Gasteiger partial charge on any atom is -0.465 e. The van der Waals surface area contributed by atoms with Crippen LogP contribution in [0.25, 0.3) is 0 Å². The molecule has 1 aromatic carbocycles. The summed E-state index contributed by atoms with van der Waals surface area (Å²) in [6.45, 7) is 3.34. The summed E-state index contributed by atoms with van der Waals surface area (Å²) in [6, 6.07) is 7.80. The Balaban J connectivity index is 1.91. The maximum Gasteiger partial charge on any atom is 0.341 e. The van der Waals surface area contributed by atoms with Crippen LogP contribution in [0.2, 0.25) is 5.02 Å². The summed E-state index contributed by atoms with van der Waals surface area (Å²) in [6.07, 6.45) is 0.360. The van der Waals surface area contributed by atoms with E-state index in [-0.39, 0.29) is 12.1 Å². The maximum absolute atomic E-state index is 13.1. The second kappa shape index (κ2) is 7.08. The standard InChI is InChI=1S/C19H19ClN2O5/c1-4-19(12-6-5-7-13(20)8-12)17(24)22(18(25)21-19)10-14-9-15(11(2)27-14)16(23)26-3/h5-9H,4,10H2,1-3H3,(H,21,25)/t19-/m1/s1. The molecule has 1 N–H and O–H groups in total. The second-order valence-corrected chi connectivity index (χ2v) is 6.70. The SMILES string of the molecule is CC[C@]1(c2cccc(Cl)c2)NC(=O)N(Cc2cc(C(=O)OC)c(C)o2)C1=O. The molecule has 2 aromatic rings. The molecule has 0 saturated carbocycles. The van der Waals surface area contributed by atoms with Crippen molar-refractivity contribution in [3.63, 3.8) is 0 Å². The molecule has 0 unspecified atom stereocenters. The lowest BCUT2D eigenvalue weighted by Gasteiger charge is -2.25. The fourth-order valence-electron chi connectivity index (χ4n) is 3.25. The van der Waals surface area contributed by atoms with Crippen LogP contribution in [0.3, 0.4) is 0 Å². The largest absolute Gasteiger partial charge is 0.465 e. The van der Waals surface area contributed by atoms with Gasteiger partial charge in [-0.05, 0) is 37.1 Å². The number of nitrogens with zero attached hydrogens (tertiary/aromatic N) is 1. The maximum atomic E-state index is 13.1. The number of amides is 3. The number of imide groups is 1. The first-order valence-corrected chi connectivity index (χ1v) is 8.78. The topological polar surface area (TPSA) is 88.8 Å². The molecule has 1 aliphatic heterocycles. The van der Waals surface area contributed by atoms with Crippen LogP contribution in [0, 0.1) is 6.92 Å². The Bertz CT molecular complexity index is 923. The van der Waals surface area contributed by atoms with Crippen molar-refractivity contribution >= 4 is 29.5 Å². The Morgan fingerprint density at radius 3 is 2.70 bits per heavy atom. The summed E-state index contributed by atoms with van der Waals surface area (Å²) in [5.41, 5.74) is -0.310. The monoisotopic (exact) mass is 390 g/mol. The number of nitrogens with one attached hydrogen (secondary N) is 1. The van der Waals surface area contributed by atoms with Crippen molar-refractivity contribution in [1.82, 2.24) is 10.2 Å². The molecule has 1 atom stereocenters. The molecule has 0 aliphatic carbocycles. The van der Waals surface area contributed by atoms with Gasteiger partial charge >= 0.3 is 12.0 Å². The smallest absolute Gasteiger partial charge is 0.341 e. The Hall–Kier alpha value is -2.80. The molecule has 8 heteroatoms. The van der Waals surface area contributed by atoms with E-state index in [1.54, 1.807) is 31.2 Å². The molecule has 142 valence electrons. The first kappa shape index (κ1) is 19.0. The van der Waals surface area contributed by atoms with Crippen LogP contribution >= 0.6 is 11.6 Å². The third-order valence-electron chi connectivity index (χ3n) is 4.71. The zero-order chi connectivity index (χ0) is 19.8. The fourth-order valence-corrected chi connectivity index (χ4v) is 3.44. The third kappa shape index (κ3) is 3.19. The molecule has 3 amide bonds. The van der Waals surface area contributed by atoms with Crippen molar-refractivity contribution in [2.24, 2.45) is 0 Å². The second-order valence-electron chi connectivity index (χ2n) is 6.26. The Morgan fingerprint density at radius 1 is 1.33 bits per heavy atom. The fraction of sp³-hybridized carbons (Fsp3) is 0.316. The number of carbonyl (C=O) groups excluding carboxylic acids is 3. The van der Waals surface area contributed by atoms with Crippen LogP contribution in [0.4, 0.5) is 4.79 Å². The summed E-state index contributed by atoms with van der Waals surface area (Å²) in [5.74, 6) is -0.262. The normalized spacial score (nSPS) is 19.3. The summed E-state index contributed by atoms with van der Waals surface area (Å²) < 4.78 is 10.2. The minimum absolute atomic E-state index is 0.0924. The number of esters is 1. The van der Waals surface area contributed by atoms with Gasteiger partial charge in [0, 0.05) is 5.02 Å². The van der Waals surface area contributed by atoms with Gasteiger partial charge in [0.15, 0.2) is 0 Å². The van der Waals surface area contributed by atoms with Gasteiger partial charge in [0.05, 0.1) is 13.7 Å². The van der Waals surface area contributed by atoms with E-state index in [0.29, 0.717) is 28.5 Å². The first-order valence-electron chi connectivity index (χ1n) is 8.40. The van der Waals surface area contributed by atoms with E-state index in [4.69, 9.17) is 20.8 Å². The van der Waals surface area contributed by atoms with Crippen LogP contribution in [0.1, 0.15) is 40.8 Å². The number of urea groups is 1. The molecule has 3 rings (SSSR count). The van der Waals surface area contributed by atoms with Crippen molar-refractivity contribution in [3.05, 3.63) is 58.0 Å². The molecule has 1 aliphatic rings. The Labute approximate surface area is 161 Å². The van der Waals surface area contributed by atoms with E-state index >= 15 is 0 Å². The molecule has 7 nitrogen and oxygen atoms in total. The van der Waals surface area contributed by atoms with Crippen LogP contribution in [-0.2, 0) is 21.6 Å². The molecule has 27 heavy (non-hydrogen) atoms. The zero-order valence-corrected chi connectivity index (χ0v) is 15.9. The van der Waals surface area contributed by atoms with E-state index in [1.165, 1.54) is 13.2 Å². The van der Waals surface area contributed by atoms with Crippen LogP contribution in [-0.4, -0.2) is 29.9 Å². The molecule has 1 fully saturated rings. The van der Waals surface area contributed by atoms with Crippen LogP contribution in [0.15, 0.2) is 34.7 Å². The van der Waals surface area contributed by atoms with Crippen molar-refractivity contribution < 1.29 is 23.5 Å². The predicted octanol–water partition coefficient (Wildman–Crippen LogP) is 3.39. The number of hydrogen-bond acceptors (Lipinski definition) is 5. The minimum atomic E-state index is -1.19. The van der Waals surface area contributed by atoms with Gasteiger partial charge in [0.1, 0.15) is 22.6 Å². The van der Waals surface area contributed by atoms with Crippen molar-refractivity contribution in [2.45, 2.75) is 32.4 Å². The number of furan rings is 1. The third-order valence-corrected chi connectivity index (χ3v) is 4.95. The lowest BCUT2D eigenvalue weighted by Crippen LogP contribution is -2.43. The highest BCUT2D eigenvalue weighted by Crippen LogP contribution is 2.34. The number of methoxy groups -OCH3 is 1. The number of aryl methyl sites for hydroxylation is 1. The highest BCUT2D eigenvalue weighted by atomic mass is 35.5. The highest BCUT2D eigenvalue weighted by Gasteiger charge is 2.51. The Morgan fingerprint density at radius 2 is 2.07 bits per heavy atom. The summed E-state index contributed by atoms with van der Waals surface area (Å²) in [4.78, 5) is 38.5. The van der Waals surface area contributed by atoms with Crippen molar-refractivity contribution in [1.29, 1.82) is 0 Å². The number of carbonyl (C=O) groups is 3. The van der Waals surface area contributed by atoms with Gasteiger partial charge in [-0.2, -0.15) is 0 Å². The van der Waals surface area contributed by atoms with Gasteiger partial charge in [-0.25, -0.2) is 9.59 Å². The first-order chi connectivity index (χ1) is 12.8. The number of ether oxygens (including phenoxy) is 1. The summed E-state index contributed by atoms with van der Waals surface area (Å²) >= 11 is 6.06. The quantitative estimate of drug-likeness (QED) is 0.624. The molecule has 2 heterocycles. The lowest BCUT2D eigenvalue weighted by molar-refractivity contribution is -0.132. The van der Waals surface area contributed by atoms with Gasteiger partial charge in [0.2, 0.25) is 0 Å². The average molecular weight is 391 g/mol.